The van der Waals surface area contributed by atoms with Crippen LogP contribution in [-0.4, -0.2) is 35.9 Å². The summed E-state index contributed by atoms with van der Waals surface area (Å²) in [6, 6.07) is 21.6. The van der Waals surface area contributed by atoms with Crippen molar-refractivity contribution in [3.63, 3.8) is 0 Å². The van der Waals surface area contributed by atoms with Gasteiger partial charge in [0.15, 0.2) is 0 Å². The number of benzene rings is 3. The first-order valence-electron chi connectivity index (χ1n) is 12.2. The van der Waals surface area contributed by atoms with Crippen molar-refractivity contribution in [1.82, 2.24) is 9.97 Å². The molecule has 40 heavy (non-hydrogen) atoms. The summed E-state index contributed by atoms with van der Waals surface area (Å²) in [6.45, 7) is 7.38. The van der Waals surface area contributed by atoms with Crippen LogP contribution in [-0.2, 0) is 33.1 Å². The zero-order valence-corrected chi connectivity index (χ0v) is 22.8. The average molecular weight is 573 g/mol. The molecule has 0 aliphatic carbocycles. The summed E-state index contributed by atoms with van der Waals surface area (Å²) in [5.74, 6) is 0. The van der Waals surface area contributed by atoms with Gasteiger partial charge in [0.25, 0.3) is 20.2 Å². The molecule has 202 valence electrons. The Labute approximate surface area is 231 Å². The van der Waals surface area contributed by atoms with Gasteiger partial charge < -0.3 is 0 Å². The highest BCUT2D eigenvalue weighted by Gasteiger charge is 2.34. The normalized spacial score (nSPS) is 12.1. The van der Waals surface area contributed by atoms with Gasteiger partial charge in [0.1, 0.15) is 9.79 Å². The Bertz CT molecular complexity index is 2020. The highest BCUT2D eigenvalue weighted by atomic mass is 32.2. The van der Waals surface area contributed by atoms with E-state index >= 15 is 0 Å². The predicted molar refractivity (Wildman–Crippen MR) is 155 cm³/mol. The van der Waals surface area contributed by atoms with Gasteiger partial charge in [-0.05, 0) is 22.8 Å². The van der Waals surface area contributed by atoms with Crippen LogP contribution in [0.15, 0.2) is 108 Å². The van der Waals surface area contributed by atoms with Gasteiger partial charge in [0, 0.05) is 34.9 Å². The minimum absolute atomic E-state index is 0.0521. The molecule has 0 atom stereocenters. The number of hydrogen-bond donors (Lipinski definition) is 2. The van der Waals surface area contributed by atoms with E-state index in [1.165, 1.54) is 6.08 Å². The lowest BCUT2D eigenvalue weighted by Gasteiger charge is -2.21. The molecule has 0 amide bonds. The lowest BCUT2D eigenvalue weighted by Crippen LogP contribution is -2.15. The van der Waals surface area contributed by atoms with Gasteiger partial charge in [-0.1, -0.05) is 78.9 Å². The number of hydrogen-bond acceptors (Lipinski definition) is 6. The molecule has 0 saturated heterocycles. The first kappa shape index (κ1) is 27.4. The first-order valence-corrected chi connectivity index (χ1v) is 15.0. The molecule has 0 unspecified atom stereocenters. The maximum Gasteiger partial charge on any atom is 0.297 e. The van der Waals surface area contributed by atoms with E-state index in [1.54, 1.807) is 36.4 Å². The van der Waals surface area contributed by atoms with Crippen LogP contribution < -0.4 is 0 Å². The molecule has 2 N–H and O–H groups in total. The summed E-state index contributed by atoms with van der Waals surface area (Å²) in [4.78, 5) is 7.40. The van der Waals surface area contributed by atoms with Crippen molar-refractivity contribution < 1.29 is 25.9 Å². The molecule has 5 aromatic rings. The van der Waals surface area contributed by atoms with Crippen LogP contribution in [0, 0.1) is 0 Å². The summed E-state index contributed by atoms with van der Waals surface area (Å²) in [7, 11) is -10.5. The van der Waals surface area contributed by atoms with Crippen LogP contribution in [0.25, 0.3) is 44.1 Å². The summed E-state index contributed by atoms with van der Waals surface area (Å²) in [5.41, 5.74) is 2.76. The second kappa shape index (κ2) is 10.4. The summed E-state index contributed by atoms with van der Waals surface area (Å²) in [6.07, 6.45) is 3.20. The monoisotopic (exact) mass is 572 g/mol. The van der Waals surface area contributed by atoms with Crippen LogP contribution in [0.4, 0.5) is 0 Å². The van der Waals surface area contributed by atoms with Crippen molar-refractivity contribution in [2.45, 2.75) is 22.6 Å². The van der Waals surface area contributed by atoms with E-state index in [9.17, 15) is 25.9 Å². The van der Waals surface area contributed by atoms with Crippen molar-refractivity contribution in [1.29, 1.82) is 0 Å². The Hall–Kier alpha value is -4.22. The van der Waals surface area contributed by atoms with E-state index in [0.29, 0.717) is 45.3 Å². The molecule has 2 aromatic heterocycles. The number of fused-ring (bicyclic) bond motifs is 3. The Morgan fingerprint density at radius 2 is 1.20 bits per heavy atom. The van der Waals surface area contributed by atoms with Crippen LogP contribution in [0.5, 0.6) is 0 Å². The van der Waals surface area contributed by atoms with E-state index in [1.807, 2.05) is 42.5 Å². The van der Waals surface area contributed by atoms with E-state index in [2.05, 4.69) is 18.1 Å². The van der Waals surface area contributed by atoms with Gasteiger partial charge >= 0.3 is 0 Å². The first-order chi connectivity index (χ1) is 19.1. The molecule has 0 bridgehead atoms. The van der Waals surface area contributed by atoms with Crippen molar-refractivity contribution >= 4 is 42.0 Å². The third kappa shape index (κ3) is 4.82. The largest absolute Gasteiger partial charge is 0.297 e. The molecule has 10 heteroatoms. The zero-order chi connectivity index (χ0) is 28.7. The van der Waals surface area contributed by atoms with Gasteiger partial charge in [-0.2, -0.15) is 16.8 Å². The SMILES string of the molecule is C=CCc1ccc2c(-c3ccccc3)c(-c3ccccc3)c3c(S(=O)(=O)O)c(S(=O)(=O)O)c(CC=C)nc3c2n1. The van der Waals surface area contributed by atoms with Gasteiger partial charge in [0.05, 0.1) is 16.7 Å². The van der Waals surface area contributed by atoms with Crippen molar-refractivity contribution in [3.8, 4) is 22.3 Å². The standard InChI is InChI=1S/C30H24N2O6S2/c1-3-11-21-17-18-22-24(19-13-7-5-8-14-19)25(20-15-9-6-10-16-20)26-28(27(22)31-21)32-23(12-4-2)29(39(33,34)35)30(26)40(36,37)38/h3-10,13-18H,1-2,11-12H2,(H,33,34,35)(H,36,37,38). The second-order valence-corrected chi connectivity index (χ2v) is 11.8. The second-order valence-electron chi connectivity index (χ2n) is 9.06. The maximum atomic E-state index is 13.1. The molecule has 0 saturated carbocycles. The zero-order valence-electron chi connectivity index (χ0n) is 21.1. The van der Waals surface area contributed by atoms with Gasteiger partial charge in [0.2, 0.25) is 0 Å². The number of rotatable bonds is 8. The average Bonchev–Trinajstić information content (AvgIpc) is 2.92. The molecule has 0 radical (unpaired) electrons. The summed E-state index contributed by atoms with van der Waals surface area (Å²) < 4.78 is 72.5. The van der Waals surface area contributed by atoms with Crippen LogP contribution in [0.3, 0.4) is 0 Å². The third-order valence-corrected chi connectivity index (χ3v) is 8.47. The van der Waals surface area contributed by atoms with E-state index in [-0.39, 0.29) is 23.0 Å². The Kier molecular flexibility index (Phi) is 7.11. The highest BCUT2D eigenvalue weighted by molar-refractivity contribution is 7.89. The molecule has 0 fully saturated rings. The fourth-order valence-electron chi connectivity index (χ4n) is 4.99. The minimum atomic E-state index is -5.26. The topological polar surface area (TPSA) is 135 Å². The smallest absolute Gasteiger partial charge is 0.282 e. The van der Waals surface area contributed by atoms with E-state index < -0.39 is 30.0 Å². The molecule has 0 aliphatic rings. The maximum absolute atomic E-state index is 13.1. The fraction of sp³-hybridized carbons (Fsp3) is 0.0667. The number of nitrogens with zero attached hydrogens (tertiary/aromatic N) is 2. The Morgan fingerprint density at radius 3 is 1.73 bits per heavy atom. The molecule has 8 nitrogen and oxygen atoms in total. The molecule has 0 spiro atoms. The summed E-state index contributed by atoms with van der Waals surface area (Å²) in [5, 5.41) is 0.451. The van der Waals surface area contributed by atoms with Gasteiger partial charge in [-0.25, -0.2) is 4.98 Å². The lowest BCUT2D eigenvalue weighted by molar-refractivity contribution is 0.466. The third-order valence-electron chi connectivity index (χ3n) is 6.46. The summed E-state index contributed by atoms with van der Waals surface area (Å²) >= 11 is 0. The number of allylic oxidation sites excluding steroid dienone is 2. The Balaban J connectivity index is 2.23. The minimum Gasteiger partial charge on any atom is -0.282 e. The molecule has 3 aromatic carbocycles. The van der Waals surface area contributed by atoms with Crippen LogP contribution >= 0.6 is 0 Å². The quantitative estimate of drug-likeness (QED) is 0.130. The predicted octanol–water partition coefficient (Wildman–Crippen LogP) is 6.07. The fourth-order valence-corrected chi connectivity index (χ4v) is 7.19. The van der Waals surface area contributed by atoms with Crippen LogP contribution in [0.1, 0.15) is 11.4 Å². The van der Waals surface area contributed by atoms with Crippen LogP contribution in [0.2, 0.25) is 0 Å². The van der Waals surface area contributed by atoms with Crippen molar-refractivity contribution in [3.05, 3.63) is 109 Å². The van der Waals surface area contributed by atoms with Crippen molar-refractivity contribution in [2.75, 3.05) is 0 Å². The van der Waals surface area contributed by atoms with E-state index in [4.69, 9.17) is 4.98 Å². The lowest BCUT2D eigenvalue weighted by atomic mass is 9.87. The molecule has 2 heterocycles. The van der Waals surface area contributed by atoms with E-state index in [0.717, 1.165) is 0 Å². The molecular formula is C30H24N2O6S2. The van der Waals surface area contributed by atoms with Gasteiger partial charge in [-0.3, -0.25) is 14.1 Å². The molecule has 0 aliphatic heterocycles. The van der Waals surface area contributed by atoms with Crippen molar-refractivity contribution in [2.24, 2.45) is 0 Å². The number of aromatic nitrogens is 2. The molecular weight excluding hydrogens is 548 g/mol. The number of pyridine rings is 2. The molecule has 5 rings (SSSR count). The van der Waals surface area contributed by atoms with Gasteiger partial charge in [-0.15, -0.1) is 13.2 Å². The highest BCUT2D eigenvalue weighted by Crippen LogP contribution is 2.47. The Morgan fingerprint density at radius 1 is 0.650 bits per heavy atom.